The van der Waals surface area contributed by atoms with Crippen molar-refractivity contribution < 1.29 is 33.4 Å². The molecule has 1 aliphatic rings. The maximum absolute atomic E-state index is 13.6. The number of carbonyl (C=O) groups is 4. The molecule has 0 bridgehead atoms. The number of ether oxygens (including phenoxy) is 3. The molecule has 0 saturated heterocycles. The summed E-state index contributed by atoms with van der Waals surface area (Å²) < 4.78 is 16.3. The van der Waals surface area contributed by atoms with Gasteiger partial charge in [-0.05, 0) is 43.2 Å². The fraction of sp³-hybridized carbons (Fsp3) is 0.429. The molecule has 1 atom stereocenters. The Balaban J connectivity index is 1.85. The maximum atomic E-state index is 13.6. The molecular formula is C28H32O7. The number of ketones is 1. The highest BCUT2D eigenvalue weighted by molar-refractivity contribution is 6.01. The molecule has 1 fully saturated rings. The van der Waals surface area contributed by atoms with Crippen LogP contribution in [-0.4, -0.2) is 30.3 Å². The van der Waals surface area contributed by atoms with E-state index in [1.165, 1.54) is 0 Å². The Labute approximate surface area is 205 Å². The number of benzene rings is 2. The number of Topliss-reactive ketones (excluding diaryl/α,β-unsaturated/α-hetero) is 1. The summed E-state index contributed by atoms with van der Waals surface area (Å²) in [6.07, 6.45) is 1.09. The van der Waals surface area contributed by atoms with Crippen LogP contribution in [0.15, 0.2) is 60.7 Å². The monoisotopic (exact) mass is 480 g/mol. The van der Waals surface area contributed by atoms with Gasteiger partial charge in [0.15, 0.2) is 5.41 Å². The van der Waals surface area contributed by atoms with E-state index in [9.17, 15) is 19.2 Å². The van der Waals surface area contributed by atoms with Crippen LogP contribution in [0.4, 0.5) is 0 Å². The van der Waals surface area contributed by atoms with Gasteiger partial charge in [-0.3, -0.25) is 19.2 Å². The van der Waals surface area contributed by atoms with E-state index < -0.39 is 29.2 Å². The third kappa shape index (κ3) is 7.01. The van der Waals surface area contributed by atoms with E-state index in [1.54, 1.807) is 6.92 Å². The van der Waals surface area contributed by atoms with Gasteiger partial charge in [-0.25, -0.2) is 0 Å². The van der Waals surface area contributed by atoms with Crippen LogP contribution in [0.5, 0.6) is 0 Å². The average Bonchev–Trinajstić information content (AvgIpc) is 3.31. The Morgan fingerprint density at radius 2 is 1.40 bits per heavy atom. The summed E-state index contributed by atoms with van der Waals surface area (Å²) in [5.41, 5.74) is -0.120. The predicted octanol–water partition coefficient (Wildman–Crippen LogP) is 4.56. The zero-order chi connectivity index (χ0) is 25.1. The van der Waals surface area contributed by atoms with Gasteiger partial charge in [0.2, 0.25) is 0 Å². The molecule has 7 heteroatoms. The molecule has 186 valence electrons. The minimum absolute atomic E-state index is 0.00325. The van der Waals surface area contributed by atoms with E-state index in [0.717, 1.165) is 11.1 Å². The first kappa shape index (κ1) is 26.1. The lowest BCUT2D eigenvalue weighted by atomic mass is 9.70. The standard InChI is InChI=1S/C28H32O7/c1-2-33-25(30)14-9-17-28(23-15-16-24(29)18-23,26(31)34-19-21-10-5-3-6-11-21)27(32)35-20-22-12-7-4-8-13-22/h3-8,10-13,23H,2,9,14-20H2,1H3/t23-/m0/s1. The first-order valence-corrected chi connectivity index (χ1v) is 12.0. The van der Waals surface area contributed by atoms with E-state index in [-0.39, 0.29) is 51.3 Å². The summed E-state index contributed by atoms with van der Waals surface area (Å²) in [5.74, 6) is -2.40. The molecule has 0 N–H and O–H groups in total. The minimum Gasteiger partial charge on any atom is -0.466 e. The second-order valence-electron chi connectivity index (χ2n) is 8.73. The quantitative estimate of drug-likeness (QED) is 0.250. The van der Waals surface area contributed by atoms with Crippen molar-refractivity contribution in [1.29, 1.82) is 0 Å². The predicted molar refractivity (Wildman–Crippen MR) is 128 cm³/mol. The van der Waals surface area contributed by atoms with Crippen LogP contribution in [0, 0.1) is 11.3 Å². The lowest BCUT2D eigenvalue weighted by molar-refractivity contribution is -0.180. The SMILES string of the molecule is CCOC(=O)CCCC(C(=O)OCc1ccccc1)(C(=O)OCc1ccccc1)[C@H]1CCC(=O)C1. The molecule has 0 aromatic heterocycles. The molecule has 0 spiro atoms. The van der Waals surface area contributed by atoms with Gasteiger partial charge in [-0.1, -0.05) is 60.7 Å². The van der Waals surface area contributed by atoms with Crippen LogP contribution >= 0.6 is 0 Å². The largest absolute Gasteiger partial charge is 0.466 e. The van der Waals surface area contributed by atoms with Gasteiger partial charge >= 0.3 is 17.9 Å². The van der Waals surface area contributed by atoms with Crippen molar-refractivity contribution in [2.24, 2.45) is 11.3 Å². The van der Waals surface area contributed by atoms with E-state index in [4.69, 9.17) is 14.2 Å². The van der Waals surface area contributed by atoms with Gasteiger partial charge in [0.1, 0.15) is 19.0 Å². The second-order valence-corrected chi connectivity index (χ2v) is 8.73. The average molecular weight is 481 g/mol. The number of hydrogen-bond acceptors (Lipinski definition) is 7. The second kappa shape index (κ2) is 12.8. The molecule has 0 heterocycles. The lowest BCUT2D eigenvalue weighted by Crippen LogP contribution is -2.47. The zero-order valence-electron chi connectivity index (χ0n) is 20.1. The van der Waals surface area contributed by atoms with Crippen molar-refractivity contribution >= 4 is 23.7 Å². The van der Waals surface area contributed by atoms with Gasteiger partial charge in [0, 0.05) is 19.3 Å². The number of carbonyl (C=O) groups excluding carboxylic acids is 4. The van der Waals surface area contributed by atoms with E-state index in [1.807, 2.05) is 60.7 Å². The Hall–Kier alpha value is -3.48. The van der Waals surface area contributed by atoms with Gasteiger partial charge in [-0.2, -0.15) is 0 Å². The molecular weight excluding hydrogens is 448 g/mol. The number of hydrogen-bond donors (Lipinski definition) is 0. The van der Waals surface area contributed by atoms with Crippen molar-refractivity contribution in [3.63, 3.8) is 0 Å². The van der Waals surface area contributed by atoms with Crippen LogP contribution in [0.3, 0.4) is 0 Å². The third-order valence-electron chi connectivity index (χ3n) is 6.35. The van der Waals surface area contributed by atoms with Gasteiger partial charge < -0.3 is 14.2 Å². The summed E-state index contributed by atoms with van der Waals surface area (Å²) in [4.78, 5) is 51.4. The highest BCUT2D eigenvalue weighted by Crippen LogP contribution is 2.45. The number of rotatable bonds is 12. The normalized spacial score (nSPS) is 15.5. The molecule has 2 aromatic rings. The van der Waals surface area contributed by atoms with Crippen LogP contribution < -0.4 is 0 Å². The molecule has 0 amide bonds. The molecule has 2 aromatic carbocycles. The van der Waals surface area contributed by atoms with Crippen LogP contribution in [-0.2, 0) is 46.6 Å². The molecule has 0 aliphatic heterocycles. The molecule has 35 heavy (non-hydrogen) atoms. The summed E-state index contributed by atoms with van der Waals surface area (Å²) in [6, 6.07) is 18.3. The zero-order valence-corrected chi connectivity index (χ0v) is 20.1. The van der Waals surface area contributed by atoms with Crippen molar-refractivity contribution in [3.05, 3.63) is 71.8 Å². The third-order valence-corrected chi connectivity index (χ3v) is 6.35. The van der Waals surface area contributed by atoms with Crippen molar-refractivity contribution in [2.45, 2.75) is 58.7 Å². The smallest absolute Gasteiger partial charge is 0.324 e. The first-order valence-electron chi connectivity index (χ1n) is 12.0. The van der Waals surface area contributed by atoms with Gasteiger partial charge in [0.05, 0.1) is 6.61 Å². The Kier molecular flexibility index (Phi) is 9.58. The molecule has 1 aliphatic carbocycles. The molecule has 7 nitrogen and oxygen atoms in total. The highest BCUT2D eigenvalue weighted by atomic mass is 16.6. The minimum atomic E-state index is -1.68. The van der Waals surface area contributed by atoms with Crippen LogP contribution in [0.2, 0.25) is 0 Å². The fourth-order valence-electron chi connectivity index (χ4n) is 4.51. The Morgan fingerprint density at radius 3 is 1.86 bits per heavy atom. The van der Waals surface area contributed by atoms with Gasteiger partial charge in [0.25, 0.3) is 0 Å². The summed E-state index contributed by atoms with van der Waals surface area (Å²) in [5, 5.41) is 0. The maximum Gasteiger partial charge on any atom is 0.324 e. The summed E-state index contributed by atoms with van der Waals surface area (Å²) in [6.45, 7) is 1.95. The Bertz CT molecular complexity index is 945. The summed E-state index contributed by atoms with van der Waals surface area (Å²) >= 11 is 0. The molecule has 1 saturated carbocycles. The fourth-order valence-corrected chi connectivity index (χ4v) is 4.51. The first-order chi connectivity index (χ1) is 17.0. The van der Waals surface area contributed by atoms with Gasteiger partial charge in [-0.15, -0.1) is 0 Å². The number of esters is 3. The van der Waals surface area contributed by atoms with E-state index >= 15 is 0 Å². The topological polar surface area (TPSA) is 96.0 Å². The summed E-state index contributed by atoms with van der Waals surface area (Å²) in [7, 11) is 0. The van der Waals surface area contributed by atoms with E-state index in [0.29, 0.717) is 12.8 Å². The van der Waals surface area contributed by atoms with E-state index in [2.05, 4.69) is 0 Å². The van der Waals surface area contributed by atoms with Crippen molar-refractivity contribution in [3.8, 4) is 0 Å². The lowest BCUT2D eigenvalue weighted by Gasteiger charge is -2.34. The molecule has 3 rings (SSSR count). The highest BCUT2D eigenvalue weighted by Gasteiger charge is 2.56. The van der Waals surface area contributed by atoms with Crippen LogP contribution in [0.1, 0.15) is 56.6 Å². The van der Waals surface area contributed by atoms with Crippen LogP contribution in [0.25, 0.3) is 0 Å². The molecule has 0 radical (unpaired) electrons. The Morgan fingerprint density at radius 1 is 0.857 bits per heavy atom. The molecule has 0 unspecified atom stereocenters. The van der Waals surface area contributed by atoms with Crippen molar-refractivity contribution in [2.75, 3.05) is 6.61 Å². The van der Waals surface area contributed by atoms with Crippen molar-refractivity contribution in [1.82, 2.24) is 0 Å².